The maximum Gasteiger partial charge on any atom is 0.180 e. The van der Waals surface area contributed by atoms with Crippen LogP contribution in [0.1, 0.15) is 20.8 Å². The summed E-state index contributed by atoms with van der Waals surface area (Å²) < 4.78 is 15.5. The van der Waals surface area contributed by atoms with Gasteiger partial charge in [0, 0.05) is 14.2 Å². The van der Waals surface area contributed by atoms with Crippen LogP contribution >= 0.6 is 0 Å². The molecule has 0 N–H and O–H groups in total. The SMILES string of the molecule is COC(COC(C)C(C)C)OC. The van der Waals surface area contributed by atoms with Gasteiger partial charge in [-0.15, -0.1) is 0 Å². The van der Waals surface area contributed by atoms with Crippen molar-refractivity contribution in [3.63, 3.8) is 0 Å². The van der Waals surface area contributed by atoms with Crippen LogP contribution in [0.5, 0.6) is 0 Å². The Morgan fingerprint density at radius 2 is 1.50 bits per heavy atom. The minimum Gasteiger partial charge on any atom is -0.373 e. The van der Waals surface area contributed by atoms with Crippen molar-refractivity contribution in [1.82, 2.24) is 0 Å². The van der Waals surface area contributed by atoms with Crippen LogP contribution in [0.4, 0.5) is 0 Å². The van der Waals surface area contributed by atoms with Gasteiger partial charge in [0.25, 0.3) is 0 Å². The molecule has 0 aliphatic heterocycles. The van der Waals surface area contributed by atoms with Crippen LogP contribution in [-0.4, -0.2) is 33.2 Å². The summed E-state index contributed by atoms with van der Waals surface area (Å²) in [6, 6.07) is 0. The van der Waals surface area contributed by atoms with E-state index in [9.17, 15) is 0 Å². The molecule has 12 heavy (non-hydrogen) atoms. The van der Waals surface area contributed by atoms with Gasteiger partial charge in [0.2, 0.25) is 0 Å². The number of ether oxygens (including phenoxy) is 3. The van der Waals surface area contributed by atoms with E-state index in [0.717, 1.165) is 0 Å². The molecule has 1 unspecified atom stereocenters. The third kappa shape index (κ3) is 4.70. The minimum atomic E-state index is -0.244. The molecule has 0 bridgehead atoms. The average Bonchev–Trinajstić information content (AvgIpc) is 2.05. The molecule has 74 valence electrons. The van der Waals surface area contributed by atoms with E-state index in [0.29, 0.717) is 12.5 Å². The lowest BCUT2D eigenvalue weighted by Crippen LogP contribution is -2.25. The van der Waals surface area contributed by atoms with Crippen molar-refractivity contribution in [3.05, 3.63) is 0 Å². The maximum absolute atomic E-state index is 5.50. The fourth-order valence-electron chi connectivity index (χ4n) is 0.655. The monoisotopic (exact) mass is 176 g/mol. The van der Waals surface area contributed by atoms with Crippen LogP contribution in [-0.2, 0) is 14.2 Å². The fourth-order valence-corrected chi connectivity index (χ4v) is 0.655. The van der Waals surface area contributed by atoms with Gasteiger partial charge in [-0.25, -0.2) is 0 Å². The first kappa shape index (κ1) is 11.9. The smallest absolute Gasteiger partial charge is 0.180 e. The normalized spacial score (nSPS) is 14.2. The van der Waals surface area contributed by atoms with Gasteiger partial charge in [-0.2, -0.15) is 0 Å². The Labute approximate surface area is 75.0 Å². The predicted molar refractivity (Wildman–Crippen MR) is 48.1 cm³/mol. The molecular formula is C9H20O3. The van der Waals surface area contributed by atoms with Crippen LogP contribution in [0, 0.1) is 5.92 Å². The van der Waals surface area contributed by atoms with Gasteiger partial charge in [-0.05, 0) is 12.8 Å². The quantitative estimate of drug-likeness (QED) is 0.576. The van der Waals surface area contributed by atoms with Crippen LogP contribution in [0.3, 0.4) is 0 Å². The van der Waals surface area contributed by atoms with Crippen molar-refractivity contribution < 1.29 is 14.2 Å². The zero-order valence-electron chi connectivity index (χ0n) is 8.66. The van der Waals surface area contributed by atoms with Gasteiger partial charge in [0.15, 0.2) is 6.29 Å². The van der Waals surface area contributed by atoms with Gasteiger partial charge in [-0.3, -0.25) is 0 Å². The van der Waals surface area contributed by atoms with Crippen LogP contribution in [0.15, 0.2) is 0 Å². The minimum absolute atomic E-state index is 0.244. The maximum atomic E-state index is 5.50. The second-order valence-corrected chi connectivity index (χ2v) is 3.18. The molecule has 0 saturated carbocycles. The van der Waals surface area contributed by atoms with Gasteiger partial charge >= 0.3 is 0 Å². The molecule has 1 atom stereocenters. The standard InChI is InChI=1S/C9H20O3/c1-7(2)8(3)12-6-9(10-4)11-5/h7-9H,6H2,1-5H3. The topological polar surface area (TPSA) is 27.7 Å². The zero-order valence-corrected chi connectivity index (χ0v) is 8.66. The van der Waals surface area contributed by atoms with Gasteiger partial charge in [-0.1, -0.05) is 13.8 Å². The van der Waals surface area contributed by atoms with Crippen LogP contribution in [0.25, 0.3) is 0 Å². The molecule has 0 fully saturated rings. The summed E-state index contributed by atoms with van der Waals surface area (Å²) in [6.45, 7) is 6.79. The molecule has 3 nitrogen and oxygen atoms in total. The molecule has 0 saturated heterocycles. The molecule has 0 radical (unpaired) electrons. The Hall–Kier alpha value is -0.120. The first-order valence-corrected chi connectivity index (χ1v) is 4.29. The van der Waals surface area contributed by atoms with Crippen molar-refractivity contribution >= 4 is 0 Å². The van der Waals surface area contributed by atoms with E-state index < -0.39 is 0 Å². The molecule has 0 aliphatic carbocycles. The van der Waals surface area contributed by atoms with Crippen molar-refractivity contribution in [2.75, 3.05) is 20.8 Å². The zero-order chi connectivity index (χ0) is 9.56. The molecule has 0 aliphatic rings. The van der Waals surface area contributed by atoms with Crippen LogP contribution in [0.2, 0.25) is 0 Å². The van der Waals surface area contributed by atoms with E-state index in [1.165, 1.54) is 0 Å². The van der Waals surface area contributed by atoms with Crippen molar-refractivity contribution in [2.45, 2.75) is 33.2 Å². The van der Waals surface area contributed by atoms with Crippen molar-refractivity contribution in [1.29, 1.82) is 0 Å². The molecule has 0 aromatic rings. The summed E-state index contributed by atoms with van der Waals surface area (Å²) in [6.07, 6.45) is 0.00370. The average molecular weight is 176 g/mol. The highest BCUT2D eigenvalue weighted by molar-refractivity contribution is 4.54. The highest BCUT2D eigenvalue weighted by atomic mass is 16.7. The summed E-state index contributed by atoms with van der Waals surface area (Å²) in [5, 5.41) is 0. The Morgan fingerprint density at radius 3 is 1.83 bits per heavy atom. The van der Waals surface area contributed by atoms with E-state index >= 15 is 0 Å². The summed E-state index contributed by atoms with van der Waals surface area (Å²) in [7, 11) is 3.22. The summed E-state index contributed by atoms with van der Waals surface area (Å²) in [4.78, 5) is 0. The molecule has 0 aromatic heterocycles. The third-order valence-electron chi connectivity index (χ3n) is 1.96. The van der Waals surface area contributed by atoms with E-state index in [4.69, 9.17) is 14.2 Å². The lowest BCUT2D eigenvalue weighted by Gasteiger charge is -2.20. The van der Waals surface area contributed by atoms with Crippen molar-refractivity contribution in [3.8, 4) is 0 Å². The van der Waals surface area contributed by atoms with E-state index in [-0.39, 0.29) is 12.4 Å². The number of hydrogen-bond acceptors (Lipinski definition) is 3. The fraction of sp³-hybridized carbons (Fsp3) is 1.00. The van der Waals surface area contributed by atoms with Gasteiger partial charge in [0.05, 0.1) is 12.7 Å². The molecule has 0 heterocycles. The highest BCUT2D eigenvalue weighted by Gasteiger charge is 2.11. The first-order valence-electron chi connectivity index (χ1n) is 4.29. The second-order valence-electron chi connectivity index (χ2n) is 3.18. The van der Waals surface area contributed by atoms with Gasteiger partial charge in [0.1, 0.15) is 0 Å². The molecule has 0 amide bonds. The van der Waals surface area contributed by atoms with Crippen LogP contribution < -0.4 is 0 Å². The van der Waals surface area contributed by atoms with Gasteiger partial charge < -0.3 is 14.2 Å². The highest BCUT2D eigenvalue weighted by Crippen LogP contribution is 2.06. The van der Waals surface area contributed by atoms with E-state index in [1.54, 1.807) is 14.2 Å². The first-order chi connectivity index (χ1) is 5.61. The Bertz CT molecular complexity index is 97.9. The Morgan fingerprint density at radius 1 is 1.00 bits per heavy atom. The molecule has 3 heteroatoms. The van der Waals surface area contributed by atoms with Crippen molar-refractivity contribution in [2.24, 2.45) is 5.92 Å². The third-order valence-corrected chi connectivity index (χ3v) is 1.96. The summed E-state index contributed by atoms with van der Waals surface area (Å²) in [5.41, 5.74) is 0. The lowest BCUT2D eigenvalue weighted by atomic mass is 10.1. The summed E-state index contributed by atoms with van der Waals surface area (Å²) in [5.74, 6) is 0.527. The molecular weight excluding hydrogens is 156 g/mol. The molecule has 0 spiro atoms. The predicted octanol–water partition coefficient (Wildman–Crippen LogP) is 1.67. The lowest BCUT2D eigenvalue weighted by molar-refractivity contribution is -0.153. The summed E-state index contributed by atoms with van der Waals surface area (Å²) >= 11 is 0. The second kappa shape index (κ2) is 6.40. The van der Waals surface area contributed by atoms with E-state index in [1.807, 2.05) is 6.92 Å². The Kier molecular flexibility index (Phi) is 6.34. The number of hydrogen-bond donors (Lipinski definition) is 0. The Balaban J connectivity index is 3.51. The number of rotatable bonds is 6. The van der Waals surface area contributed by atoms with E-state index in [2.05, 4.69) is 13.8 Å². The molecule has 0 aromatic carbocycles. The molecule has 0 rings (SSSR count). The number of methoxy groups -OCH3 is 2. The largest absolute Gasteiger partial charge is 0.373 e.